The Morgan fingerprint density at radius 1 is 1.67 bits per heavy atom. The van der Waals surface area contributed by atoms with Gasteiger partial charge < -0.3 is 9.84 Å². The fraction of sp³-hybridized carbons (Fsp3) is 0.600. The van der Waals surface area contributed by atoms with E-state index < -0.39 is 0 Å². The average Bonchev–Trinajstić information content (AvgIpc) is 2.86. The predicted octanol–water partition coefficient (Wildman–Crippen LogP) is 1.31. The Hall–Kier alpha value is -0.940. The first-order valence-corrected chi connectivity index (χ1v) is 4.25. The Morgan fingerprint density at radius 3 is 2.92 bits per heavy atom. The van der Waals surface area contributed by atoms with E-state index in [1.165, 1.54) is 12.8 Å². The number of hydrogen-bond acceptors (Lipinski definition) is 2. The van der Waals surface area contributed by atoms with Gasteiger partial charge in [0.05, 0.1) is 19.0 Å². The number of rotatable bonds is 5. The molecule has 0 aliphatic heterocycles. The summed E-state index contributed by atoms with van der Waals surface area (Å²) in [4.78, 5) is 0. The van der Waals surface area contributed by atoms with Crippen molar-refractivity contribution in [2.24, 2.45) is 5.92 Å². The number of ether oxygens (including phenoxy) is 1. The zero-order valence-electron chi connectivity index (χ0n) is 7.12. The molecule has 0 aromatic rings. The fourth-order valence-electron chi connectivity index (χ4n) is 1.03. The van der Waals surface area contributed by atoms with Crippen LogP contribution >= 0.6 is 0 Å². The summed E-state index contributed by atoms with van der Waals surface area (Å²) in [5, 5.41) is 8.67. The van der Waals surface area contributed by atoms with Gasteiger partial charge in [-0.05, 0) is 18.9 Å². The van der Waals surface area contributed by atoms with E-state index in [2.05, 4.69) is 5.92 Å². The minimum Gasteiger partial charge on any atom is -0.497 e. The van der Waals surface area contributed by atoms with Crippen molar-refractivity contribution in [3.05, 3.63) is 11.8 Å². The highest BCUT2D eigenvalue weighted by molar-refractivity contribution is 5.05. The van der Waals surface area contributed by atoms with E-state index in [4.69, 9.17) is 16.3 Å². The molecular weight excluding hydrogens is 152 g/mol. The second-order valence-corrected chi connectivity index (χ2v) is 2.87. The molecule has 0 bridgehead atoms. The van der Waals surface area contributed by atoms with Crippen molar-refractivity contribution >= 4 is 0 Å². The summed E-state index contributed by atoms with van der Waals surface area (Å²) < 4.78 is 5.41. The van der Waals surface area contributed by atoms with Gasteiger partial charge in [0.1, 0.15) is 0 Å². The first kappa shape index (κ1) is 9.15. The van der Waals surface area contributed by atoms with Crippen molar-refractivity contribution in [2.45, 2.75) is 19.3 Å². The van der Waals surface area contributed by atoms with Crippen molar-refractivity contribution in [1.29, 1.82) is 0 Å². The van der Waals surface area contributed by atoms with Crippen LogP contribution in [-0.2, 0) is 4.74 Å². The molecule has 66 valence electrons. The lowest BCUT2D eigenvalue weighted by Crippen LogP contribution is -1.97. The highest BCUT2D eigenvalue weighted by Gasteiger charge is 2.26. The summed E-state index contributed by atoms with van der Waals surface area (Å²) in [5.41, 5.74) is 0. The van der Waals surface area contributed by atoms with Gasteiger partial charge >= 0.3 is 0 Å². The fourth-order valence-corrected chi connectivity index (χ4v) is 1.03. The van der Waals surface area contributed by atoms with E-state index in [0.29, 0.717) is 18.9 Å². The van der Waals surface area contributed by atoms with Crippen LogP contribution in [0.2, 0.25) is 0 Å². The van der Waals surface area contributed by atoms with E-state index >= 15 is 0 Å². The summed E-state index contributed by atoms with van der Waals surface area (Å²) in [6.07, 6.45) is 9.81. The van der Waals surface area contributed by atoms with Crippen LogP contribution in [0, 0.1) is 18.3 Å². The van der Waals surface area contributed by atoms with Crippen LogP contribution in [0.4, 0.5) is 0 Å². The van der Waals surface area contributed by atoms with Gasteiger partial charge in [-0.3, -0.25) is 0 Å². The zero-order chi connectivity index (χ0) is 8.81. The smallest absolute Gasteiger partial charge is 0.0986 e. The summed E-state index contributed by atoms with van der Waals surface area (Å²) >= 11 is 0. The third kappa shape index (κ3) is 2.98. The third-order valence-corrected chi connectivity index (χ3v) is 1.79. The topological polar surface area (TPSA) is 29.5 Å². The van der Waals surface area contributed by atoms with Crippen LogP contribution < -0.4 is 0 Å². The maximum atomic E-state index is 8.67. The van der Waals surface area contributed by atoms with E-state index in [0.717, 1.165) is 5.76 Å². The van der Waals surface area contributed by atoms with E-state index in [9.17, 15) is 0 Å². The van der Waals surface area contributed by atoms with Crippen LogP contribution in [0.1, 0.15) is 19.3 Å². The summed E-state index contributed by atoms with van der Waals surface area (Å²) in [6, 6.07) is 0. The van der Waals surface area contributed by atoms with Crippen molar-refractivity contribution in [3.63, 3.8) is 0 Å². The first-order valence-electron chi connectivity index (χ1n) is 4.25. The van der Waals surface area contributed by atoms with Crippen molar-refractivity contribution in [3.8, 4) is 12.3 Å². The van der Waals surface area contributed by atoms with Crippen molar-refractivity contribution in [1.82, 2.24) is 0 Å². The van der Waals surface area contributed by atoms with Gasteiger partial charge in [0, 0.05) is 12.3 Å². The molecule has 2 nitrogen and oxygen atoms in total. The lowest BCUT2D eigenvalue weighted by atomic mass is 10.3. The monoisotopic (exact) mass is 166 g/mol. The summed E-state index contributed by atoms with van der Waals surface area (Å²) in [5.74, 6) is 3.98. The number of aliphatic hydroxyl groups is 1. The molecule has 12 heavy (non-hydrogen) atoms. The summed E-state index contributed by atoms with van der Waals surface area (Å²) in [6.45, 7) is 0.626. The SMILES string of the molecule is C#CCCO/C(=C/CO)C1CC1. The van der Waals surface area contributed by atoms with E-state index in [1.54, 1.807) is 6.08 Å². The highest BCUT2D eigenvalue weighted by atomic mass is 16.5. The van der Waals surface area contributed by atoms with Gasteiger partial charge in [0.15, 0.2) is 0 Å². The summed E-state index contributed by atoms with van der Waals surface area (Å²) in [7, 11) is 0. The van der Waals surface area contributed by atoms with Crippen molar-refractivity contribution < 1.29 is 9.84 Å². The van der Waals surface area contributed by atoms with Crippen LogP contribution in [-0.4, -0.2) is 18.3 Å². The van der Waals surface area contributed by atoms with Gasteiger partial charge in [-0.15, -0.1) is 12.3 Å². The molecule has 0 spiro atoms. The van der Waals surface area contributed by atoms with Crippen LogP contribution in [0.25, 0.3) is 0 Å². The maximum Gasteiger partial charge on any atom is 0.0986 e. The molecule has 0 atom stereocenters. The van der Waals surface area contributed by atoms with Gasteiger partial charge in [0.25, 0.3) is 0 Å². The van der Waals surface area contributed by atoms with Crippen LogP contribution in [0.3, 0.4) is 0 Å². The number of terminal acetylenes is 1. The number of allylic oxidation sites excluding steroid dienone is 1. The van der Waals surface area contributed by atoms with Gasteiger partial charge in [-0.2, -0.15) is 0 Å². The molecule has 0 amide bonds. The molecule has 0 unspecified atom stereocenters. The number of aliphatic hydroxyl groups excluding tert-OH is 1. The second-order valence-electron chi connectivity index (χ2n) is 2.87. The highest BCUT2D eigenvalue weighted by Crippen LogP contribution is 2.36. The normalized spacial score (nSPS) is 17.2. The Morgan fingerprint density at radius 2 is 2.42 bits per heavy atom. The molecule has 0 aromatic heterocycles. The Balaban J connectivity index is 2.24. The average molecular weight is 166 g/mol. The third-order valence-electron chi connectivity index (χ3n) is 1.79. The minimum absolute atomic E-state index is 0.0574. The Labute approximate surface area is 73.2 Å². The Bertz CT molecular complexity index is 196. The molecule has 2 heteroatoms. The molecule has 1 aliphatic carbocycles. The largest absolute Gasteiger partial charge is 0.497 e. The minimum atomic E-state index is 0.0574. The molecule has 0 heterocycles. The first-order chi connectivity index (χ1) is 5.88. The quantitative estimate of drug-likeness (QED) is 0.379. The molecule has 0 aromatic carbocycles. The van der Waals surface area contributed by atoms with Gasteiger partial charge in [0.2, 0.25) is 0 Å². The standard InChI is InChI=1S/C10H14O2/c1-2-3-8-12-10(6-7-11)9-4-5-9/h1,6,9,11H,3-5,7-8H2/b10-6+. The molecule has 1 N–H and O–H groups in total. The van der Waals surface area contributed by atoms with E-state index in [-0.39, 0.29) is 6.61 Å². The maximum absolute atomic E-state index is 8.67. The molecule has 1 fully saturated rings. The molecular formula is C10H14O2. The molecule has 1 rings (SSSR count). The molecule has 0 radical (unpaired) electrons. The lowest BCUT2D eigenvalue weighted by Gasteiger charge is -2.06. The van der Waals surface area contributed by atoms with E-state index in [1.807, 2.05) is 0 Å². The van der Waals surface area contributed by atoms with Gasteiger partial charge in [-0.25, -0.2) is 0 Å². The second kappa shape index (κ2) is 4.84. The predicted molar refractivity (Wildman–Crippen MR) is 47.3 cm³/mol. The van der Waals surface area contributed by atoms with Crippen molar-refractivity contribution in [2.75, 3.05) is 13.2 Å². The van der Waals surface area contributed by atoms with Crippen LogP contribution in [0.5, 0.6) is 0 Å². The molecule has 0 saturated heterocycles. The van der Waals surface area contributed by atoms with Gasteiger partial charge in [-0.1, -0.05) is 0 Å². The lowest BCUT2D eigenvalue weighted by molar-refractivity contribution is 0.198. The zero-order valence-corrected chi connectivity index (χ0v) is 7.12. The molecule has 1 saturated carbocycles. The Kier molecular flexibility index (Phi) is 3.69. The number of hydrogen-bond donors (Lipinski definition) is 1. The molecule has 1 aliphatic rings. The van der Waals surface area contributed by atoms with Crippen LogP contribution in [0.15, 0.2) is 11.8 Å².